The van der Waals surface area contributed by atoms with Crippen LogP contribution < -0.4 is 0 Å². The van der Waals surface area contributed by atoms with Crippen molar-refractivity contribution in [2.75, 3.05) is 20.6 Å². The van der Waals surface area contributed by atoms with E-state index in [4.69, 9.17) is 9.47 Å². The number of ether oxygens (including phenoxy) is 2. The molecule has 0 saturated carbocycles. The number of alkyl halides is 1. The van der Waals surface area contributed by atoms with Gasteiger partial charge in [-0.3, -0.25) is 10.1 Å². The Labute approximate surface area is 99.1 Å². The lowest BCUT2D eigenvalue weighted by atomic mass is 10.2. The van der Waals surface area contributed by atoms with Crippen molar-refractivity contribution in [3.63, 3.8) is 0 Å². The molecule has 0 bridgehead atoms. The number of halogens is 1. The molecule has 0 aliphatic carbocycles. The third-order valence-electron chi connectivity index (χ3n) is 1.82. The van der Waals surface area contributed by atoms with Gasteiger partial charge in [-0.2, -0.15) is 0 Å². The van der Waals surface area contributed by atoms with E-state index >= 15 is 0 Å². The van der Waals surface area contributed by atoms with Gasteiger partial charge in [-0.25, -0.2) is 0 Å². The van der Waals surface area contributed by atoms with E-state index in [0.29, 0.717) is 5.56 Å². The number of para-hydroxylation sites is 1. The van der Waals surface area contributed by atoms with E-state index in [1.54, 1.807) is 18.2 Å². The number of methoxy groups -OCH3 is 2. The van der Waals surface area contributed by atoms with Crippen molar-refractivity contribution in [3.8, 4) is 0 Å². The largest absolute Gasteiger partial charge is 0.351 e. The first-order chi connectivity index (χ1) is 7.70. The van der Waals surface area contributed by atoms with Crippen LogP contribution in [0.25, 0.3) is 0 Å². The summed E-state index contributed by atoms with van der Waals surface area (Å²) >= 11 is 4.64. The second kappa shape index (κ2) is 8.04. The molecule has 90 valence electrons. The van der Waals surface area contributed by atoms with Crippen LogP contribution in [0.2, 0.25) is 0 Å². The first-order valence-electron chi connectivity index (χ1n) is 4.37. The SMILES string of the molecule is CCl.COC(OC)c1ccccc1[N+](=O)[O-]. The van der Waals surface area contributed by atoms with Crippen LogP contribution in [0.1, 0.15) is 11.9 Å². The van der Waals surface area contributed by atoms with Crippen molar-refractivity contribution in [2.45, 2.75) is 6.29 Å². The molecule has 0 aliphatic rings. The van der Waals surface area contributed by atoms with Gasteiger partial charge < -0.3 is 9.47 Å². The van der Waals surface area contributed by atoms with Crippen molar-refractivity contribution in [3.05, 3.63) is 39.9 Å². The minimum absolute atomic E-state index is 0.00111. The summed E-state index contributed by atoms with van der Waals surface area (Å²) in [5.74, 6) is 0. The molecule has 0 fully saturated rings. The average Bonchev–Trinajstić information content (AvgIpc) is 2.34. The number of nitro benzene ring substituents is 1. The van der Waals surface area contributed by atoms with Gasteiger partial charge in [0.25, 0.3) is 5.69 Å². The maximum atomic E-state index is 10.7. The Morgan fingerprint density at radius 3 is 2.19 bits per heavy atom. The maximum Gasteiger partial charge on any atom is 0.277 e. The molecule has 0 saturated heterocycles. The number of hydrogen-bond acceptors (Lipinski definition) is 4. The quantitative estimate of drug-likeness (QED) is 0.355. The van der Waals surface area contributed by atoms with Gasteiger partial charge in [0.1, 0.15) is 0 Å². The molecule has 0 unspecified atom stereocenters. The van der Waals surface area contributed by atoms with Gasteiger partial charge in [-0.1, -0.05) is 12.1 Å². The highest BCUT2D eigenvalue weighted by Gasteiger charge is 2.20. The highest BCUT2D eigenvalue weighted by Crippen LogP contribution is 2.26. The van der Waals surface area contributed by atoms with E-state index in [2.05, 4.69) is 11.6 Å². The van der Waals surface area contributed by atoms with Gasteiger partial charge in [0.2, 0.25) is 0 Å². The van der Waals surface area contributed by atoms with Crippen molar-refractivity contribution in [2.24, 2.45) is 0 Å². The zero-order valence-corrected chi connectivity index (χ0v) is 10.1. The third-order valence-corrected chi connectivity index (χ3v) is 1.82. The molecule has 0 radical (unpaired) electrons. The highest BCUT2D eigenvalue weighted by molar-refractivity contribution is 6.15. The number of benzene rings is 1. The zero-order valence-electron chi connectivity index (χ0n) is 9.34. The predicted molar refractivity (Wildman–Crippen MR) is 61.6 cm³/mol. The highest BCUT2D eigenvalue weighted by atomic mass is 35.5. The molecule has 0 heterocycles. The molecule has 0 aromatic heterocycles. The van der Waals surface area contributed by atoms with Gasteiger partial charge >= 0.3 is 0 Å². The molecule has 6 heteroatoms. The summed E-state index contributed by atoms with van der Waals surface area (Å²) < 4.78 is 9.90. The molecule has 0 aliphatic heterocycles. The van der Waals surface area contributed by atoms with Gasteiger partial charge in [0, 0.05) is 26.7 Å². The molecule has 0 N–H and O–H groups in total. The maximum absolute atomic E-state index is 10.7. The van der Waals surface area contributed by atoms with Crippen LogP contribution in [0.5, 0.6) is 0 Å². The monoisotopic (exact) mass is 247 g/mol. The zero-order chi connectivity index (χ0) is 12.6. The lowest BCUT2D eigenvalue weighted by Crippen LogP contribution is -2.06. The van der Waals surface area contributed by atoms with Crippen molar-refractivity contribution in [1.82, 2.24) is 0 Å². The predicted octanol–water partition coefficient (Wildman–Crippen LogP) is 2.74. The van der Waals surface area contributed by atoms with Crippen LogP contribution in [0, 0.1) is 10.1 Å². The van der Waals surface area contributed by atoms with Crippen LogP contribution >= 0.6 is 11.6 Å². The molecule has 16 heavy (non-hydrogen) atoms. The smallest absolute Gasteiger partial charge is 0.277 e. The van der Waals surface area contributed by atoms with E-state index in [1.807, 2.05) is 0 Å². The number of rotatable bonds is 4. The fourth-order valence-electron chi connectivity index (χ4n) is 1.20. The summed E-state index contributed by atoms with van der Waals surface area (Å²) in [6, 6.07) is 6.33. The number of nitro groups is 1. The van der Waals surface area contributed by atoms with Crippen molar-refractivity contribution < 1.29 is 14.4 Å². The molecule has 0 amide bonds. The van der Waals surface area contributed by atoms with E-state index < -0.39 is 11.2 Å². The normalized spacial score (nSPS) is 9.56. The first-order valence-corrected chi connectivity index (χ1v) is 5.13. The summed E-state index contributed by atoms with van der Waals surface area (Å²) in [7, 11) is 2.87. The van der Waals surface area contributed by atoms with Crippen LogP contribution in [0.4, 0.5) is 5.69 Å². The second-order valence-electron chi connectivity index (χ2n) is 2.62. The van der Waals surface area contributed by atoms with Gasteiger partial charge in [-0.15, -0.1) is 11.6 Å². The minimum Gasteiger partial charge on any atom is -0.351 e. The van der Waals surface area contributed by atoms with E-state index in [1.165, 1.54) is 26.7 Å². The van der Waals surface area contributed by atoms with Crippen molar-refractivity contribution >= 4 is 17.3 Å². The first kappa shape index (κ1) is 14.8. The van der Waals surface area contributed by atoms with Crippen LogP contribution in [-0.4, -0.2) is 25.5 Å². The molecule has 1 aromatic rings. The third kappa shape index (κ3) is 3.77. The van der Waals surface area contributed by atoms with Crippen LogP contribution in [-0.2, 0) is 9.47 Å². The molecule has 5 nitrogen and oxygen atoms in total. The Hall–Kier alpha value is -1.17. The van der Waals surface area contributed by atoms with Gasteiger partial charge in [0.05, 0.1) is 10.5 Å². The molecule has 0 atom stereocenters. The van der Waals surface area contributed by atoms with Crippen molar-refractivity contribution in [1.29, 1.82) is 0 Å². The lowest BCUT2D eigenvalue weighted by Gasteiger charge is -2.13. The molecule has 1 aromatic carbocycles. The Kier molecular flexibility index (Phi) is 7.45. The Balaban J connectivity index is 0.00000106. The summed E-state index contributed by atoms with van der Waals surface area (Å²) in [6.45, 7) is 0. The Morgan fingerprint density at radius 2 is 1.75 bits per heavy atom. The van der Waals surface area contributed by atoms with Crippen LogP contribution in [0.15, 0.2) is 24.3 Å². The van der Waals surface area contributed by atoms with E-state index in [-0.39, 0.29) is 5.69 Å². The summed E-state index contributed by atoms with van der Waals surface area (Å²) in [5.41, 5.74) is 0.420. The second-order valence-corrected chi connectivity index (χ2v) is 2.62. The summed E-state index contributed by atoms with van der Waals surface area (Å²) in [5, 5.41) is 10.7. The number of nitrogens with zero attached hydrogens (tertiary/aromatic N) is 1. The Bertz CT molecular complexity index is 328. The molecular formula is C10H14ClNO4. The number of hydrogen-bond donors (Lipinski definition) is 0. The van der Waals surface area contributed by atoms with Gasteiger partial charge in [0.15, 0.2) is 6.29 Å². The Morgan fingerprint density at radius 1 is 1.25 bits per heavy atom. The minimum atomic E-state index is -0.698. The van der Waals surface area contributed by atoms with E-state index in [0.717, 1.165) is 0 Å². The molecule has 1 rings (SSSR count). The van der Waals surface area contributed by atoms with Crippen LogP contribution in [0.3, 0.4) is 0 Å². The summed E-state index contributed by atoms with van der Waals surface area (Å²) in [6.07, 6.45) is 0.775. The topological polar surface area (TPSA) is 61.6 Å². The molecular weight excluding hydrogens is 234 g/mol. The lowest BCUT2D eigenvalue weighted by molar-refractivity contribution is -0.387. The summed E-state index contributed by atoms with van der Waals surface area (Å²) in [4.78, 5) is 10.2. The molecule has 0 spiro atoms. The van der Waals surface area contributed by atoms with E-state index in [9.17, 15) is 10.1 Å². The fraction of sp³-hybridized carbons (Fsp3) is 0.400. The fourth-order valence-corrected chi connectivity index (χ4v) is 1.20. The average molecular weight is 248 g/mol. The standard InChI is InChI=1S/C9H11NO4.CH3Cl/c1-13-9(14-2)7-5-3-4-6-8(7)10(11)12;1-2/h3-6,9H,1-2H3;1H3. The van der Waals surface area contributed by atoms with Gasteiger partial charge in [-0.05, 0) is 6.07 Å².